The third kappa shape index (κ3) is 28.7. The van der Waals surface area contributed by atoms with Crippen LogP contribution in [0.3, 0.4) is 0 Å². The number of carbonyl (C=O) groups is 4. The van der Waals surface area contributed by atoms with Gasteiger partial charge in [-0.25, -0.2) is 57.4 Å². The molecule has 0 saturated heterocycles. The molecule has 0 spiro atoms. The van der Waals surface area contributed by atoms with E-state index in [-0.39, 0.29) is 47.6 Å². The van der Waals surface area contributed by atoms with Crippen LogP contribution in [0, 0.1) is 44.0 Å². The van der Waals surface area contributed by atoms with E-state index < -0.39 is 5.82 Å². The van der Waals surface area contributed by atoms with Gasteiger partial charge in [-0.1, -0.05) is 26.0 Å². The molecule has 0 aliphatic rings. The van der Waals surface area contributed by atoms with E-state index in [1.54, 1.807) is 141 Å². The first-order valence-corrected chi connectivity index (χ1v) is 40.2. The third-order valence-electron chi connectivity index (χ3n) is 19.1. The Hall–Kier alpha value is -13.2. The number of rotatable bonds is 40. The van der Waals surface area contributed by atoms with Gasteiger partial charge < -0.3 is 75.5 Å². The smallest absolute Gasteiger partial charge is 0.222 e. The van der Waals surface area contributed by atoms with Gasteiger partial charge in [-0.05, 0) is 205 Å². The van der Waals surface area contributed by atoms with E-state index in [0.29, 0.717) is 191 Å². The summed E-state index contributed by atoms with van der Waals surface area (Å²) in [6, 6.07) is 33.2. The number of Topliss-reactive ketones (excluding diaryl/α,β-unsaturated/α-hetero) is 1. The number of halogens is 5. The highest BCUT2D eigenvalue weighted by Gasteiger charge is 2.19. The Morgan fingerprint density at radius 1 is 0.366 bits per heavy atom. The quantitative estimate of drug-likeness (QED) is 0.0153. The first kappa shape index (κ1) is 95.3. The van der Waals surface area contributed by atoms with Crippen LogP contribution >= 0.6 is 11.6 Å². The number of fused-ring (bicyclic) bond motifs is 4. The molecule has 0 bridgehead atoms. The number of primary amides is 2. The summed E-state index contributed by atoms with van der Waals surface area (Å²) in [6.07, 6.45) is 17.3. The molecule has 0 unspecified atom stereocenters. The predicted octanol–water partition coefficient (Wildman–Crippen LogP) is 19.7. The van der Waals surface area contributed by atoms with Gasteiger partial charge in [0.15, 0.2) is 46.0 Å². The maximum absolute atomic E-state index is 13.6. The summed E-state index contributed by atoms with van der Waals surface area (Å²) in [6.45, 7) is 8.98. The third-order valence-corrected chi connectivity index (χ3v) is 19.4. The van der Waals surface area contributed by atoms with Crippen molar-refractivity contribution in [2.45, 2.75) is 138 Å². The van der Waals surface area contributed by atoms with Crippen LogP contribution in [-0.2, 0) is 19.2 Å². The van der Waals surface area contributed by atoms with E-state index in [4.69, 9.17) is 61.0 Å². The lowest BCUT2D eigenvalue weighted by molar-refractivity contribution is -0.128. The Labute approximate surface area is 717 Å². The minimum absolute atomic E-state index is 0. The van der Waals surface area contributed by atoms with Crippen molar-refractivity contribution in [1.29, 1.82) is 0 Å². The van der Waals surface area contributed by atoms with Gasteiger partial charge in [-0.3, -0.25) is 19.2 Å². The number of nitrogens with one attached hydrogen (secondary N) is 4. The fourth-order valence-electron chi connectivity index (χ4n) is 12.3. The topological polar surface area (TPSA) is 349 Å². The Balaban J connectivity index is 0.000000203. The molecule has 0 fully saturated rings. The lowest BCUT2D eigenvalue weighted by atomic mass is 10.1. The molecule has 0 aliphatic carbocycles. The number of nitrogens with two attached hydrogens (primary N) is 2. The number of carbonyl (C=O) groups excluding carboxylic acids is 4. The molecule has 3 amide bonds. The number of ether oxygens (including phenoxy) is 8. The van der Waals surface area contributed by atoms with Crippen molar-refractivity contribution in [3.8, 4) is 46.0 Å². The molecule has 32 heteroatoms. The van der Waals surface area contributed by atoms with E-state index in [9.17, 15) is 36.7 Å². The normalized spacial score (nSPS) is 10.7. The lowest BCUT2D eigenvalue weighted by Crippen LogP contribution is -2.21. The molecule has 0 radical (unpaired) electrons. The summed E-state index contributed by atoms with van der Waals surface area (Å²) in [5.74, 6) is 5.45. The molecule has 8 aromatic carbocycles. The summed E-state index contributed by atoms with van der Waals surface area (Å²) >= 11 is 5.87. The van der Waals surface area contributed by atoms with Crippen molar-refractivity contribution in [2.24, 2.45) is 11.5 Å². The van der Waals surface area contributed by atoms with E-state index in [2.05, 4.69) is 61.1 Å². The molecule has 4 aromatic heterocycles. The molecule has 123 heavy (non-hydrogen) atoms. The van der Waals surface area contributed by atoms with Crippen molar-refractivity contribution >= 4 is 125 Å². The summed E-state index contributed by atoms with van der Waals surface area (Å²) in [4.78, 5) is 80.7. The largest absolute Gasteiger partial charge is 0.493 e. The molecule has 0 aliphatic heterocycles. The van der Waals surface area contributed by atoms with Crippen LogP contribution in [0.2, 0.25) is 5.02 Å². The van der Waals surface area contributed by atoms with Crippen molar-refractivity contribution in [1.82, 2.24) is 44.8 Å². The van der Waals surface area contributed by atoms with E-state index in [1.165, 1.54) is 55.6 Å². The van der Waals surface area contributed by atoms with Gasteiger partial charge in [0.1, 0.15) is 77.6 Å². The second-order valence-electron chi connectivity index (χ2n) is 28.4. The minimum atomic E-state index is -0.488. The highest BCUT2D eigenvalue weighted by atomic mass is 35.5. The van der Waals surface area contributed by atoms with Gasteiger partial charge in [0.05, 0.1) is 82.0 Å². The molecular weight excluding hydrogens is 1610 g/mol. The molecule has 8 N–H and O–H groups in total. The number of hydrogen-bond donors (Lipinski definition) is 6. The second kappa shape index (κ2) is 48.3. The molecule has 652 valence electrons. The van der Waals surface area contributed by atoms with E-state index in [1.807, 2.05) is 25.1 Å². The fourth-order valence-corrected chi connectivity index (χ4v) is 12.5. The van der Waals surface area contributed by atoms with Crippen LogP contribution in [0.4, 0.5) is 63.6 Å². The van der Waals surface area contributed by atoms with Gasteiger partial charge in [0.25, 0.3) is 0 Å². The van der Waals surface area contributed by atoms with Gasteiger partial charge in [-0.15, -0.1) is 0 Å². The van der Waals surface area contributed by atoms with Crippen molar-refractivity contribution in [2.75, 3.05) is 90.2 Å². The first-order valence-electron chi connectivity index (χ1n) is 39.8. The molecule has 12 aromatic rings. The van der Waals surface area contributed by atoms with Crippen LogP contribution < -0.4 is 70.6 Å². The highest BCUT2D eigenvalue weighted by Crippen LogP contribution is 2.40. The van der Waals surface area contributed by atoms with Crippen LogP contribution in [0.15, 0.2) is 147 Å². The zero-order valence-corrected chi connectivity index (χ0v) is 70.7. The molecule has 0 saturated carbocycles. The lowest BCUT2D eigenvalue weighted by Gasteiger charge is -2.14. The SMILES string of the molecule is C.CCC(=O)CCCCCOc1cc2ncnc(Nc3ccc(F)c(C)c3)c2cc1OC.COc1cc2c(Nc3ccc(F)c(C)c3)ncnc2cc1OCCCCC(N)=O.COc1cc2c(Nc3ccc(F)c(C)c3)ncnc2cc1OCCCCCC(N)=O.COc1cc2c(Nc3ccc(F)c(Cl)c3)ncnc2cc1OCCCCCC(=O)N(C)C. The highest BCUT2D eigenvalue weighted by molar-refractivity contribution is 6.31. The zero-order valence-electron chi connectivity index (χ0n) is 70.0. The zero-order chi connectivity index (χ0) is 87.6. The number of aryl methyl sites for hydroxylation is 3. The Bertz CT molecular complexity index is 5570. The first-order chi connectivity index (χ1) is 58.8. The number of anilines is 8. The molecule has 12 rings (SSSR count). The summed E-state index contributed by atoms with van der Waals surface area (Å²) in [5, 5.41) is 15.8. The number of ketones is 1. The Morgan fingerprint density at radius 2 is 0.642 bits per heavy atom. The standard InChI is InChI=1S/C24H28FN3O3.C23H26ClFN4O3.C22H25FN4O3.C21H23FN4O3.CH4/c1-4-18(29)8-6-5-7-11-31-23-14-21-19(13-22(23)30-3)24(27-15-26-21)28-17-9-10-20(25)16(2)12-17;1-29(2)22(30)7-5-4-6-10-32-21-13-19-16(12-20(21)31-3)23(27-14-26-19)28-15-8-9-18(25)17(24)11-15;1-14-10-15(7-8-17(14)23)27-22-16-11-19(29-2)20(12-18(16)25-13-26-22)30-9-5-3-4-6-21(24)28;1-13-9-14(6-7-16(13)22)26-21-15-10-18(28-2)19(11-17(15)24-12-25-21)29-8-4-3-5-20(23)27;/h9-10,12-15H,4-8,11H2,1-3H3,(H,26,27,28);8-9,11-14H,4-7,10H2,1-3H3,(H,26,27,28);7-8,10-13H,3-6,9H2,1-2H3,(H2,24,28)(H,25,26,27);6-7,9-12H,3-5,8H2,1-2H3,(H2,23,27)(H,24,25,26);1H4. The molecule has 0 atom stereocenters. The molecule has 27 nitrogen and oxygen atoms in total. The average molecular weight is 1710 g/mol. The number of hydrogen-bond acceptors (Lipinski definition) is 24. The second-order valence-corrected chi connectivity index (χ2v) is 28.8. The predicted molar refractivity (Wildman–Crippen MR) is 473 cm³/mol. The number of aromatic nitrogens is 8. The van der Waals surface area contributed by atoms with Gasteiger partial charge in [-0.2, -0.15) is 0 Å². The minimum Gasteiger partial charge on any atom is -0.493 e. The fraction of sp³-hybridized carbons (Fsp3) is 0.341. The van der Waals surface area contributed by atoms with Gasteiger partial charge in [0.2, 0.25) is 17.7 Å². The number of amides is 3. The van der Waals surface area contributed by atoms with Crippen molar-refractivity contribution in [3.05, 3.63) is 192 Å². The summed E-state index contributed by atoms with van der Waals surface area (Å²) in [7, 11) is 9.80. The van der Waals surface area contributed by atoms with E-state index in [0.717, 1.165) is 96.4 Å². The van der Waals surface area contributed by atoms with Crippen molar-refractivity contribution in [3.63, 3.8) is 0 Å². The number of unbranched alkanes of at least 4 members (excludes halogenated alkanes) is 7. The average Bonchev–Trinajstić information content (AvgIpc) is 0.807. The monoisotopic (exact) mass is 1710 g/mol. The van der Waals surface area contributed by atoms with Crippen molar-refractivity contribution < 1.29 is 74.6 Å². The van der Waals surface area contributed by atoms with Gasteiger partial charge in [0, 0.05) is 115 Å². The maximum Gasteiger partial charge on any atom is 0.222 e. The Morgan fingerprint density at radius 3 is 0.919 bits per heavy atom. The van der Waals surface area contributed by atoms with E-state index >= 15 is 0 Å². The summed E-state index contributed by atoms with van der Waals surface area (Å²) < 4.78 is 99.5. The van der Waals surface area contributed by atoms with Crippen LogP contribution in [0.1, 0.15) is 134 Å². The molecular formula is C91H106ClF4N15O12. The van der Waals surface area contributed by atoms with Crippen LogP contribution in [0.5, 0.6) is 46.0 Å². The number of methoxy groups -OCH3 is 4. The molecule has 4 heterocycles. The summed E-state index contributed by atoms with van der Waals surface area (Å²) in [5.41, 5.74) is 17.4. The number of nitrogens with zero attached hydrogens (tertiary/aromatic N) is 9. The van der Waals surface area contributed by atoms with Crippen LogP contribution in [0.25, 0.3) is 43.6 Å². The van der Waals surface area contributed by atoms with Gasteiger partial charge >= 0.3 is 0 Å². The number of benzene rings is 8. The maximum atomic E-state index is 13.6. The Kier molecular flexibility index (Phi) is 37.4. The van der Waals surface area contributed by atoms with Crippen LogP contribution in [-0.4, -0.2) is 137 Å².